The average molecular weight is 329 g/mol. The van der Waals surface area contributed by atoms with Gasteiger partial charge in [0.15, 0.2) is 0 Å². The van der Waals surface area contributed by atoms with Gasteiger partial charge < -0.3 is 4.90 Å². The number of nitrogens with one attached hydrogen (secondary N) is 1. The number of carbonyl (C=O) groups is 3. The molecule has 7 heteroatoms. The van der Waals surface area contributed by atoms with Crippen LogP contribution < -0.4 is 10.2 Å². The minimum absolute atomic E-state index is 0.0489. The van der Waals surface area contributed by atoms with E-state index in [1.54, 1.807) is 17.8 Å². The predicted molar refractivity (Wildman–Crippen MR) is 87.8 cm³/mol. The molecule has 0 bridgehead atoms. The zero-order valence-corrected chi connectivity index (χ0v) is 13.5. The van der Waals surface area contributed by atoms with Crippen molar-refractivity contribution in [3.8, 4) is 0 Å². The zero-order chi connectivity index (χ0) is 16.6. The van der Waals surface area contributed by atoms with Crippen LogP contribution in [0.1, 0.15) is 6.92 Å². The maximum atomic E-state index is 12.0. The van der Waals surface area contributed by atoms with E-state index in [4.69, 9.17) is 0 Å². The molecule has 1 N–H and O–H groups in total. The summed E-state index contributed by atoms with van der Waals surface area (Å²) in [5, 5.41) is 3.07. The van der Waals surface area contributed by atoms with Gasteiger partial charge in [-0.1, -0.05) is 23.9 Å². The molecule has 0 atom stereocenters. The van der Waals surface area contributed by atoms with Gasteiger partial charge in [0, 0.05) is 18.5 Å². The number of urea groups is 1. The van der Waals surface area contributed by atoms with Gasteiger partial charge in [-0.05, 0) is 31.2 Å². The molecule has 4 amide bonds. The van der Waals surface area contributed by atoms with Crippen LogP contribution >= 0.6 is 11.8 Å². The third-order valence-electron chi connectivity index (χ3n) is 3.65. The lowest BCUT2D eigenvalue weighted by Gasteiger charge is -2.22. The molecule has 0 aliphatic carbocycles. The molecule has 0 unspecified atom stereocenters. The first kappa shape index (κ1) is 15.4. The van der Waals surface area contributed by atoms with E-state index in [1.165, 1.54) is 13.1 Å². The van der Waals surface area contributed by atoms with Crippen molar-refractivity contribution in [2.45, 2.75) is 11.8 Å². The summed E-state index contributed by atoms with van der Waals surface area (Å²) < 4.78 is 0. The highest BCUT2D eigenvalue weighted by atomic mass is 32.2. The lowest BCUT2D eigenvalue weighted by molar-refractivity contribution is -0.129. The molecule has 2 heterocycles. The number of benzene rings is 1. The number of hydrogen-bond donors (Lipinski definition) is 1. The van der Waals surface area contributed by atoms with Crippen LogP contribution in [0, 0.1) is 0 Å². The third kappa shape index (κ3) is 2.63. The lowest BCUT2D eigenvalue weighted by Crippen LogP contribution is -2.52. The van der Waals surface area contributed by atoms with Crippen molar-refractivity contribution in [1.29, 1.82) is 0 Å². The Hall–Kier alpha value is -2.54. The fraction of sp³-hybridized carbons (Fsp3) is 0.188. The number of amides is 4. The van der Waals surface area contributed by atoms with Crippen molar-refractivity contribution in [3.63, 3.8) is 0 Å². The maximum absolute atomic E-state index is 12.0. The van der Waals surface area contributed by atoms with E-state index in [1.807, 2.05) is 31.2 Å². The molecule has 1 aromatic rings. The van der Waals surface area contributed by atoms with Crippen molar-refractivity contribution >= 4 is 35.3 Å². The van der Waals surface area contributed by atoms with Crippen LogP contribution in [0.15, 0.2) is 51.9 Å². The first-order valence-electron chi connectivity index (χ1n) is 7.12. The van der Waals surface area contributed by atoms with E-state index in [0.29, 0.717) is 0 Å². The van der Waals surface area contributed by atoms with E-state index < -0.39 is 17.8 Å². The van der Waals surface area contributed by atoms with Gasteiger partial charge in [0.1, 0.15) is 5.57 Å². The van der Waals surface area contributed by atoms with Crippen LogP contribution in [-0.2, 0) is 9.59 Å². The highest BCUT2D eigenvalue weighted by Gasteiger charge is 2.33. The van der Waals surface area contributed by atoms with E-state index >= 15 is 0 Å². The number of carbonyl (C=O) groups excluding carboxylic acids is 3. The number of para-hydroxylation sites is 1. The number of barbiturate groups is 1. The second kappa shape index (κ2) is 5.92. The predicted octanol–water partition coefficient (Wildman–Crippen LogP) is 2.09. The van der Waals surface area contributed by atoms with Gasteiger partial charge in [-0.25, -0.2) is 4.79 Å². The highest BCUT2D eigenvalue weighted by Crippen LogP contribution is 2.45. The van der Waals surface area contributed by atoms with E-state index in [-0.39, 0.29) is 5.57 Å². The minimum atomic E-state index is -0.706. The molecular weight excluding hydrogens is 314 g/mol. The molecule has 3 rings (SSSR count). The van der Waals surface area contributed by atoms with E-state index in [9.17, 15) is 14.4 Å². The molecule has 23 heavy (non-hydrogen) atoms. The Kier molecular flexibility index (Phi) is 3.96. The normalized spacial score (nSPS) is 21.2. The van der Waals surface area contributed by atoms with Gasteiger partial charge >= 0.3 is 6.03 Å². The van der Waals surface area contributed by atoms with Crippen LogP contribution in [0.4, 0.5) is 10.5 Å². The number of fused-ring (bicyclic) bond motifs is 1. The second-order valence-electron chi connectivity index (χ2n) is 5.02. The number of anilines is 1. The van der Waals surface area contributed by atoms with Gasteiger partial charge in [-0.2, -0.15) is 0 Å². The summed E-state index contributed by atoms with van der Waals surface area (Å²) in [7, 11) is 1.34. The summed E-state index contributed by atoms with van der Waals surface area (Å²) in [6.45, 7) is 2.81. The maximum Gasteiger partial charge on any atom is 0.331 e. The molecule has 118 valence electrons. The SMILES string of the molecule is CCN1/C(=C\C=C2/C(=O)NC(=O)N(C)C2=O)Sc2ccccc21. The number of likely N-dealkylation sites (N-methyl/N-ethyl adjacent to an activating group) is 1. The third-order valence-corrected chi connectivity index (χ3v) is 4.78. The highest BCUT2D eigenvalue weighted by molar-refractivity contribution is 8.03. The van der Waals surface area contributed by atoms with E-state index in [2.05, 4.69) is 10.2 Å². The number of rotatable bonds is 2. The average Bonchev–Trinajstić information content (AvgIpc) is 2.90. The van der Waals surface area contributed by atoms with Gasteiger partial charge in [0.2, 0.25) is 0 Å². The lowest BCUT2D eigenvalue weighted by atomic mass is 10.1. The van der Waals surface area contributed by atoms with E-state index in [0.717, 1.165) is 27.1 Å². The molecule has 0 spiro atoms. The van der Waals surface area contributed by atoms with Crippen molar-refractivity contribution < 1.29 is 14.4 Å². The summed E-state index contributed by atoms with van der Waals surface area (Å²) >= 11 is 1.58. The minimum Gasteiger partial charge on any atom is -0.335 e. The number of hydrogen-bond acceptors (Lipinski definition) is 5. The van der Waals surface area contributed by atoms with Crippen molar-refractivity contribution in [1.82, 2.24) is 10.2 Å². The molecule has 0 saturated carbocycles. The van der Waals surface area contributed by atoms with Gasteiger partial charge in [0.25, 0.3) is 11.8 Å². The Morgan fingerprint density at radius 2 is 1.91 bits per heavy atom. The van der Waals surface area contributed by atoms with Crippen LogP contribution in [-0.4, -0.2) is 36.3 Å². The van der Waals surface area contributed by atoms with Crippen LogP contribution in [0.2, 0.25) is 0 Å². The number of thioether (sulfide) groups is 1. The summed E-state index contributed by atoms with van der Waals surface area (Å²) in [5.74, 6) is -1.27. The summed E-state index contributed by atoms with van der Waals surface area (Å²) in [4.78, 5) is 39.4. The number of nitrogens with zero attached hydrogens (tertiary/aromatic N) is 2. The second-order valence-corrected chi connectivity index (χ2v) is 6.08. The molecule has 2 aliphatic heterocycles. The molecular formula is C16H15N3O3S. The standard InChI is InChI=1S/C16H15N3O3S/c1-3-19-11-6-4-5-7-12(11)23-13(19)9-8-10-14(20)17-16(22)18(2)15(10)21/h4-9H,3H2,1-2H3,(H,17,20,22)/b10-8+,13-9+. The number of imide groups is 2. The Bertz CT molecular complexity index is 770. The quantitative estimate of drug-likeness (QED) is 0.665. The molecule has 1 aromatic carbocycles. The Balaban J connectivity index is 1.92. The topological polar surface area (TPSA) is 69.7 Å². The summed E-state index contributed by atoms with van der Waals surface area (Å²) in [6, 6.07) is 7.30. The van der Waals surface area contributed by atoms with Crippen molar-refractivity contribution in [2.24, 2.45) is 0 Å². The van der Waals surface area contributed by atoms with Crippen LogP contribution in [0.5, 0.6) is 0 Å². The van der Waals surface area contributed by atoms with Crippen LogP contribution in [0.3, 0.4) is 0 Å². The molecule has 1 saturated heterocycles. The largest absolute Gasteiger partial charge is 0.335 e. The van der Waals surface area contributed by atoms with Gasteiger partial charge in [-0.15, -0.1) is 0 Å². The Labute approximate surface area is 137 Å². The van der Waals surface area contributed by atoms with Crippen LogP contribution in [0.25, 0.3) is 0 Å². The molecule has 6 nitrogen and oxygen atoms in total. The zero-order valence-electron chi connectivity index (χ0n) is 12.7. The van der Waals surface area contributed by atoms with Crippen molar-refractivity contribution in [3.05, 3.63) is 47.0 Å². The smallest absolute Gasteiger partial charge is 0.331 e. The summed E-state index contributed by atoms with van der Waals surface area (Å²) in [5.41, 5.74) is 1.06. The van der Waals surface area contributed by atoms with Crippen molar-refractivity contribution in [2.75, 3.05) is 18.5 Å². The number of allylic oxidation sites excluding steroid dienone is 2. The summed E-state index contributed by atoms with van der Waals surface area (Å²) in [6.07, 6.45) is 3.21. The molecule has 1 fully saturated rings. The fourth-order valence-electron chi connectivity index (χ4n) is 2.42. The fourth-order valence-corrected chi connectivity index (χ4v) is 3.55. The van der Waals surface area contributed by atoms with Gasteiger partial charge in [0.05, 0.1) is 10.7 Å². The molecule has 0 aromatic heterocycles. The first-order chi connectivity index (χ1) is 11.0. The van der Waals surface area contributed by atoms with Gasteiger partial charge in [-0.3, -0.25) is 19.8 Å². The Morgan fingerprint density at radius 1 is 1.17 bits per heavy atom. The monoisotopic (exact) mass is 329 g/mol. The first-order valence-corrected chi connectivity index (χ1v) is 7.94. The molecule has 2 aliphatic rings. The molecule has 0 radical (unpaired) electrons. The Morgan fingerprint density at radius 3 is 2.65 bits per heavy atom.